The molecule has 0 amide bonds. The Kier molecular flexibility index (Phi) is 2.92. The standard InChI is InChI=1S/C22H17FN4/c23-13-7-5-12(6-8-13)21-20-14-3-1-2-4-16(14)25-22(20)19-15-11-24-27-17(15)9-10-18(19)26-21/h1-11,20-22,25-26H,(H,24,27)/t20-,21-,22+/m1/s1. The number of aromatic amines is 1. The van der Waals surface area contributed by atoms with Gasteiger partial charge in [-0.15, -0.1) is 0 Å². The van der Waals surface area contributed by atoms with Crippen molar-refractivity contribution in [1.29, 1.82) is 0 Å². The molecule has 0 bridgehead atoms. The van der Waals surface area contributed by atoms with Crippen LogP contribution < -0.4 is 10.6 Å². The molecule has 2 aliphatic rings. The number of nitrogens with zero attached hydrogens (tertiary/aromatic N) is 1. The van der Waals surface area contributed by atoms with Crippen LogP contribution in [0.15, 0.2) is 66.9 Å². The number of fused-ring (bicyclic) bond motifs is 7. The van der Waals surface area contributed by atoms with Gasteiger partial charge in [-0.3, -0.25) is 5.10 Å². The summed E-state index contributed by atoms with van der Waals surface area (Å²) in [5.74, 6) is -0.00350. The quantitative estimate of drug-likeness (QED) is 0.444. The Hall–Kier alpha value is -3.34. The smallest absolute Gasteiger partial charge is 0.123 e. The van der Waals surface area contributed by atoms with Crippen LogP contribution in [0.4, 0.5) is 15.8 Å². The van der Waals surface area contributed by atoms with Crippen molar-refractivity contribution in [2.45, 2.75) is 18.0 Å². The van der Waals surface area contributed by atoms with E-state index in [0.717, 1.165) is 27.8 Å². The van der Waals surface area contributed by atoms with E-state index in [1.807, 2.05) is 18.3 Å². The summed E-state index contributed by atoms with van der Waals surface area (Å²) in [4.78, 5) is 0. The molecule has 6 rings (SSSR count). The van der Waals surface area contributed by atoms with Crippen LogP contribution >= 0.6 is 0 Å². The summed E-state index contributed by atoms with van der Waals surface area (Å²) >= 11 is 0. The predicted molar refractivity (Wildman–Crippen MR) is 104 cm³/mol. The molecule has 132 valence electrons. The first-order chi connectivity index (χ1) is 13.3. The van der Waals surface area contributed by atoms with Crippen molar-refractivity contribution in [3.8, 4) is 0 Å². The molecule has 0 spiro atoms. The molecule has 0 fully saturated rings. The number of para-hydroxylation sites is 1. The van der Waals surface area contributed by atoms with E-state index < -0.39 is 0 Å². The number of aromatic nitrogens is 2. The second kappa shape index (κ2) is 5.33. The summed E-state index contributed by atoms with van der Waals surface area (Å²) in [6, 6.07) is 19.6. The van der Waals surface area contributed by atoms with Crippen molar-refractivity contribution < 1.29 is 4.39 Å². The number of nitrogens with one attached hydrogen (secondary N) is 3. The zero-order valence-electron chi connectivity index (χ0n) is 14.4. The SMILES string of the molecule is Fc1ccc([C@H]2Nc3ccc4[nH]ncc4c3[C@@H]3Nc4ccccc4[C@H]23)cc1. The summed E-state index contributed by atoms with van der Waals surface area (Å²) in [5, 5.41) is 15.9. The molecule has 0 saturated carbocycles. The highest BCUT2D eigenvalue weighted by atomic mass is 19.1. The molecule has 27 heavy (non-hydrogen) atoms. The van der Waals surface area contributed by atoms with E-state index >= 15 is 0 Å². The Morgan fingerprint density at radius 2 is 1.63 bits per heavy atom. The van der Waals surface area contributed by atoms with E-state index in [2.05, 4.69) is 57.2 Å². The second-order valence-electron chi connectivity index (χ2n) is 7.27. The van der Waals surface area contributed by atoms with Crippen molar-refractivity contribution in [2.24, 2.45) is 0 Å². The summed E-state index contributed by atoms with van der Waals surface area (Å²) in [6.45, 7) is 0. The zero-order chi connectivity index (χ0) is 18.0. The minimum absolute atomic E-state index is 0.0589. The largest absolute Gasteiger partial charge is 0.377 e. The second-order valence-corrected chi connectivity index (χ2v) is 7.27. The fourth-order valence-corrected chi connectivity index (χ4v) is 4.70. The molecule has 0 saturated heterocycles. The average Bonchev–Trinajstić information content (AvgIpc) is 3.32. The minimum atomic E-state index is -0.212. The normalized spacial score (nSPS) is 22.5. The first kappa shape index (κ1) is 14.8. The van der Waals surface area contributed by atoms with Gasteiger partial charge in [-0.25, -0.2) is 4.39 Å². The van der Waals surface area contributed by atoms with Gasteiger partial charge in [0.1, 0.15) is 5.82 Å². The molecule has 0 unspecified atom stereocenters. The van der Waals surface area contributed by atoms with Crippen LogP contribution in [0.3, 0.4) is 0 Å². The van der Waals surface area contributed by atoms with E-state index in [9.17, 15) is 4.39 Å². The molecule has 4 aromatic rings. The third kappa shape index (κ3) is 2.05. The van der Waals surface area contributed by atoms with Crippen molar-refractivity contribution >= 4 is 22.3 Å². The monoisotopic (exact) mass is 356 g/mol. The highest BCUT2D eigenvalue weighted by Gasteiger charge is 2.44. The van der Waals surface area contributed by atoms with Crippen LogP contribution in [0.25, 0.3) is 10.9 Å². The molecular formula is C22H17FN4. The summed E-state index contributed by atoms with van der Waals surface area (Å²) in [5.41, 5.74) is 6.90. The van der Waals surface area contributed by atoms with Crippen molar-refractivity contribution in [2.75, 3.05) is 10.6 Å². The number of halogens is 1. The molecule has 1 aromatic heterocycles. The van der Waals surface area contributed by atoms with E-state index in [1.54, 1.807) is 0 Å². The lowest BCUT2D eigenvalue weighted by atomic mass is 9.77. The van der Waals surface area contributed by atoms with Gasteiger partial charge in [-0.2, -0.15) is 5.10 Å². The highest BCUT2D eigenvalue weighted by molar-refractivity contribution is 5.90. The van der Waals surface area contributed by atoms with Crippen LogP contribution in [0.2, 0.25) is 0 Å². The lowest BCUT2D eigenvalue weighted by Gasteiger charge is -2.38. The zero-order valence-corrected chi connectivity index (χ0v) is 14.4. The van der Waals surface area contributed by atoms with Crippen molar-refractivity contribution in [1.82, 2.24) is 10.2 Å². The molecule has 4 nitrogen and oxygen atoms in total. The Morgan fingerprint density at radius 3 is 2.52 bits per heavy atom. The predicted octanol–water partition coefficient (Wildman–Crippen LogP) is 5.12. The Morgan fingerprint density at radius 1 is 0.815 bits per heavy atom. The molecule has 5 heteroatoms. The van der Waals surface area contributed by atoms with E-state index in [0.29, 0.717) is 0 Å². The van der Waals surface area contributed by atoms with Gasteiger partial charge in [-0.05, 0) is 41.5 Å². The first-order valence-electron chi connectivity index (χ1n) is 9.13. The van der Waals surface area contributed by atoms with Gasteiger partial charge in [-0.1, -0.05) is 30.3 Å². The summed E-state index contributed by atoms with van der Waals surface area (Å²) in [7, 11) is 0. The molecule has 0 aliphatic carbocycles. The summed E-state index contributed by atoms with van der Waals surface area (Å²) in [6.07, 6.45) is 1.90. The van der Waals surface area contributed by atoms with E-state index in [4.69, 9.17) is 0 Å². The molecule has 3 atom stereocenters. The van der Waals surface area contributed by atoms with Crippen LogP contribution in [-0.2, 0) is 0 Å². The number of rotatable bonds is 1. The Balaban J connectivity index is 1.59. The van der Waals surface area contributed by atoms with Gasteiger partial charge in [0.05, 0.1) is 23.8 Å². The van der Waals surface area contributed by atoms with Crippen molar-refractivity contribution in [3.63, 3.8) is 0 Å². The maximum absolute atomic E-state index is 13.5. The Labute approximate surface area is 155 Å². The Bertz CT molecular complexity index is 1160. The summed E-state index contributed by atoms with van der Waals surface area (Å²) < 4.78 is 13.5. The lowest BCUT2D eigenvalue weighted by molar-refractivity contribution is 0.522. The topological polar surface area (TPSA) is 52.7 Å². The first-order valence-corrected chi connectivity index (χ1v) is 9.13. The van der Waals surface area contributed by atoms with Gasteiger partial charge < -0.3 is 10.6 Å². The molecule has 0 radical (unpaired) electrons. The minimum Gasteiger partial charge on any atom is -0.377 e. The molecule has 3 N–H and O–H groups in total. The van der Waals surface area contributed by atoms with Gasteiger partial charge >= 0.3 is 0 Å². The number of hydrogen-bond acceptors (Lipinski definition) is 3. The lowest BCUT2D eigenvalue weighted by Crippen LogP contribution is -2.30. The number of anilines is 2. The highest BCUT2D eigenvalue weighted by Crippen LogP contribution is 2.56. The fraction of sp³-hybridized carbons (Fsp3) is 0.136. The maximum Gasteiger partial charge on any atom is 0.123 e. The number of benzene rings is 3. The molecule has 3 heterocycles. The number of hydrogen-bond donors (Lipinski definition) is 3. The van der Waals surface area contributed by atoms with E-state index in [1.165, 1.54) is 23.3 Å². The fourth-order valence-electron chi connectivity index (χ4n) is 4.70. The third-order valence-electron chi connectivity index (χ3n) is 5.87. The van der Waals surface area contributed by atoms with Crippen LogP contribution in [0.1, 0.15) is 34.7 Å². The molecular weight excluding hydrogens is 339 g/mol. The molecule has 2 aliphatic heterocycles. The van der Waals surface area contributed by atoms with Crippen LogP contribution in [0.5, 0.6) is 0 Å². The van der Waals surface area contributed by atoms with Gasteiger partial charge in [0.25, 0.3) is 0 Å². The van der Waals surface area contributed by atoms with Gasteiger partial charge in [0, 0.05) is 28.2 Å². The average molecular weight is 356 g/mol. The molecule has 3 aromatic carbocycles. The van der Waals surface area contributed by atoms with Crippen LogP contribution in [-0.4, -0.2) is 10.2 Å². The maximum atomic E-state index is 13.5. The third-order valence-corrected chi connectivity index (χ3v) is 5.87. The van der Waals surface area contributed by atoms with Gasteiger partial charge in [0.15, 0.2) is 0 Å². The van der Waals surface area contributed by atoms with Crippen molar-refractivity contribution in [3.05, 3.63) is 89.4 Å². The number of H-pyrrole nitrogens is 1. The van der Waals surface area contributed by atoms with E-state index in [-0.39, 0.29) is 23.8 Å². The van der Waals surface area contributed by atoms with Crippen LogP contribution in [0, 0.1) is 5.82 Å². The van der Waals surface area contributed by atoms with Gasteiger partial charge in [0.2, 0.25) is 0 Å².